The van der Waals surface area contributed by atoms with Crippen LogP contribution >= 0.6 is 11.7 Å². The van der Waals surface area contributed by atoms with E-state index in [0.717, 1.165) is 34.5 Å². The molecule has 0 saturated carbocycles. The van der Waals surface area contributed by atoms with Gasteiger partial charge in [0.25, 0.3) is 0 Å². The average Bonchev–Trinajstić information content (AvgIpc) is 3.12. The molecule has 1 atom stereocenters. The highest BCUT2D eigenvalue weighted by molar-refractivity contribution is 7.00. The van der Waals surface area contributed by atoms with Gasteiger partial charge in [0, 0.05) is 25.6 Å². The van der Waals surface area contributed by atoms with Crippen LogP contribution in [0.25, 0.3) is 11.0 Å². The van der Waals surface area contributed by atoms with E-state index >= 15 is 0 Å². The summed E-state index contributed by atoms with van der Waals surface area (Å²) in [7, 11) is 3.98. The van der Waals surface area contributed by atoms with E-state index in [1.807, 2.05) is 38.1 Å². The molecular weight excluding hydrogens is 358 g/mol. The summed E-state index contributed by atoms with van der Waals surface area (Å²) in [5.74, 6) is 1.46. The molecule has 1 aliphatic rings. The zero-order valence-electron chi connectivity index (χ0n) is 15.6. The fourth-order valence-electron chi connectivity index (χ4n) is 3.06. The van der Waals surface area contributed by atoms with Gasteiger partial charge in [-0.3, -0.25) is 0 Å². The zero-order valence-corrected chi connectivity index (χ0v) is 16.5. The minimum atomic E-state index is 0.0531. The van der Waals surface area contributed by atoms with E-state index in [0.29, 0.717) is 11.3 Å². The number of hydrogen-bond acceptors (Lipinski definition) is 7. The molecule has 6 nitrogen and oxygen atoms in total. The molecule has 27 heavy (non-hydrogen) atoms. The fraction of sp³-hybridized carbons (Fsp3) is 0.300. The van der Waals surface area contributed by atoms with Crippen LogP contribution in [-0.2, 0) is 11.2 Å². The molecule has 1 aromatic heterocycles. The van der Waals surface area contributed by atoms with Crippen LogP contribution in [-0.4, -0.2) is 22.8 Å². The van der Waals surface area contributed by atoms with Crippen molar-refractivity contribution < 1.29 is 4.74 Å². The number of anilines is 1. The first-order valence-corrected chi connectivity index (χ1v) is 9.21. The van der Waals surface area contributed by atoms with E-state index < -0.39 is 0 Å². The van der Waals surface area contributed by atoms with Crippen LogP contribution in [0.4, 0.5) is 5.69 Å². The number of nitrogens with zero attached hydrogens (tertiary/aromatic N) is 5. The van der Waals surface area contributed by atoms with Gasteiger partial charge in [0.15, 0.2) is 0 Å². The van der Waals surface area contributed by atoms with Crippen molar-refractivity contribution in [2.75, 3.05) is 19.0 Å². The molecule has 2 heterocycles. The second-order valence-corrected chi connectivity index (χ2v) is 7.19. The number of hydrogen-bond donors (Lipinski definition) is 0. The second-order valence-electron chi connectivity index (χ2n) is 6.66. The predicted molar refractivity (Wildman–Crippen MR) is 106 cm³/mol. The first-order valence-electron chi connectivity index (χ1n) is 8.48. The molecule has 7 heteroatoms. The maximum absolute atomic E-state index is 9.14. The summed E-state index contributed by atoms with van der Waals surface area (Å²) in [5, 5.41) is 18.3. The smallest absolute Gasteiger partial charge is 0.137 e. The van der Waals surface area contributed by atoms with E-state index in [2.05, 4.69) is 27.8 Å². The van der Waals surface area contributed by atoms with Gasteiger partial charge in [-0.05, 0) is 37.1 Å². The highest BCUT2D eigenvalue weighted by Gasteiger charge is 2.20. The molecule has 0 fully saturated rings. The Morgan fingerprint density at radius 3 is 2.56 bits per heavy atom. The van der Waals surface area contributed by atoms with Crippen LogP contribution in [0, 0.1) is 28.6 Å². The van der Waals surface area contributed by atoms with Crippen LogP contribution in [0.5, 0.6) is 0 Å². The third-order valence-electron chi connectivity index (χ3n) is 4.42. The largest absolute Gasteiger partial charge is 0.466 e. The number of fused-ring (bicyclic) bond motifs is 1. The molecule has 0 aliphatic carbocycles. The van der Waals surface area contributed by atoms with Crippen LogP contribution in [0.2, 0.25) is 0 Å². The Hall–Kier alpha value is -3.16. The number of ether oxygens (including phenoxy) is 1. The van der Waals surface area contributed by atoms with E-state index in [4.69, 9.17) is 15.3 Å². The zero-order chi connectivity index (χ0) is 19.6. The quantitative estimate of drug-likeness (QED) is 0.746. The van der Waals surface area contributed by atoms with Crippen molar-refractivity contribution in [3.8, 4) is 12.1 Å². The highest BCUT2D eigenvalue weighted by atomic mass is 32.1. The van der Waals surface area contributed by atoms with Crippen molar-refractivity contribution in [1.29, 1.82) is 10.5 Å². The number of nitriles is 2. The van der Waals surface area contributed by atoms with Gasteiger partial charge in [0.05, 0.1) is 17.4 Å². The molecule has 2 aromatic rings. The van der Waals surface area contributed by atoms with Crippen molar-refractivity contribution in [3.63, 3.8) is 0 Å². The number of allylic oxidation sites excluding steroid dienone is 6. The van der Waals surface area contributed by atoms with E-state index in [1.165, 1.54) is 11.7 Å². The lowest BCUT2D eigenvalue weighted by atomic mass is 9.94. The van der Waals surface area contributed by atoms with Crippen molar-refractivity contribution in [3.05, 3.63) is 52.5 Å². The van der Waals surface area contributed by atoms with Gasteiger partial charge in [-0.15, -0.1) is 0 Å². The summed E-state index contributed by atoms with van der Waals surface area (Å²) in [6, 6.07) is 8.02. The Labute approximate surface area is 162 Å². The Bertz CT molecular complexity index is 1050. The average molecular weight is 377 g/mol. The lowest BCUT2D eigenvalue weighted by Crippen LogP contribution is -2.12. The van der Waals surface area contributed by atoms with Gasteiger partial charge in [-0.1, -0.05) is 13.0 Å². The minimum Gasteiger partial charge on any atom is -0.466 e. The Morgan fingerprint density at radius 2 is 1.89 bits per heavy atom. The lowest BCUT2D eigenvalue weighted by Gasteiger charge is -2.22. The molecule has 0 saturated heterocycles. The molecule has 1 aromatic carbocycles. The van der Waals surface area contributed by atoms with E-state index in [1.54, 1.807) is 12.2 Å². The standard InChI is InChI=1S/C20H19N5OS/c1-12(18-9-15(8-13(2)26-18)16(10-21)11-22)7-14-5-6-17(25(3)4)20-19(14)23-27-24-20/h5-6,8-9,12H,7H2,1-4H3. The molecule has 1 aliphatic heterocycles. The monoisotopic (exact) mass is 377 g/mol. The molecule has 0 spiro atoms. The molecule has 1 unspecified atom stereocenters. The Kier molecular flexibility index (Phi) is 5.25. The Balaban J connectivity index is 1.94. The topological polar surface area (TPSA) is 85.8 Å². The van der Waals surface area contributed by atoms with Gasteiger partial charge in [0.2, 0.25) is 0 Å². The first-order chi connectivity index (χ1) is 12.9. The fourth-order valence-corrected chi connectivity index (χ4v) is 3.65. The second kappa shape index (κ2) is 7.61. The van der Waals surface area contributed by atoms with E-state index in [9.17, 15) is 0 Å². The molecule has 0 amide bonds. The SMILES string of the molecule is CC1=CC(=C(C#N)C#N)C=C(C(C)Cc2ccc(N(C)C)c3nsnc23)O1. The molecule has 0 N–H and O–H groups in total. The third kappa shape index (κ3) is 3.69. The molecular formula is C20H19N5OS. The van der Waals surface area contributed by atoms with Gasteiger partial charge < -0.3 is 9.64 Å². The maximum atomic E-state index is 9.14. The maximum Gasteiger partial charge on any atom is 0.137 e. The molecule has 0 radical (unpaired) electrons. The van der Waals surface area contributed by atoms with Crippen LogP contribution in [0.15, 0.2) is 46.9 Å². The lowest BCUT2D eigenvalue weighted by molar-refractivity contribution is 0.256. The van der Waals surface area contributed by atoms with Crippen LogP contribution in [0.1, 0.15) is 19.4 Å². The normalized spacial score (nSPS) is 14.5. The van der Waals surface area contributed by atoms with Crippen LogP contribution in [0.3, 0.4) is 0 Å². The van der Waals surface area contributed by atoms with E-state index in [-0.39, 0.29) is 11.5 Å². The van der Waals surface area contributed by atoms with Crippen molar-refractivity contribution >= 4 is 28.4 Å². The third-order valence-corrected chi connectivity index (χ3v) is 4.95. The molecule has 3 rings (SSSR count). The summed E-state index contributed by atoms with van der Waals surface area (Å²) in [6.45, 7) is 3.88. The summed E-state index contributed by atoms with van der Waals surface area (Å²) < 4.78 is 14.8. The number of benzene rings is 1. The number of rotatable bonds is 4. The highest BCUT2D eigenvalue weighted by Crippen LogP contribution is 2.32. The summed E-state index contributed by atoms with van der Waals surface area (Å²) in [4.78, 5) is 2.03. The summed E-state index contributed by atoms with van der Waals surface area (Å²) in [5.41, 5.74) is 4.63. The molecule has 136 valence electrons. The first kappa shape index (κ1) is 18.6. The van der Waals surface area contributed by atoms with Gasteiger partial charge >= 0.3 is 0 Å². The van der Waals surface area contributed by atoms with Gasteiger partial charge in [0.1, 0.15) is 40.3 Å². The summed E-state index contributed by atoms with van der Waals surface area (Å²) in [6.07, 6.45) is 4.22. The van der Waals surface area contributed by atoms with Gasteiger partial charge in [-0.25, -0.2) is 0 Å². The number of aromatic nitrogens is 2. The van der Waals surface area contributed by atoms with Crippen molar-refractivity contribution in [2.45, 2.75) is 20.3 Å². The summed E-state index contributed by atoms with van der Waals surface area (Å²) >= 11 is 1.21. The van der Waals surface area contributed by atoms with Crippen molar-refractivity contribution in [2.24, 2.45) is 5.92 Å². The van der Waals surface area contributed by atoms with Crippen molar-refractivity contribution in [1.82, 2.24) is 8.75 Å². The van der Waals surface area contributed by atoms with Gasteiger partial charge in [-0.2, -0.15) is 19.3 Å². The van der Waals surface area contributed by atoms with Crippen LogP contribution < -0.4 is 4.90 Å². The predicted octanol–water partition coefficient (Wildman–Crippen LogP) is 4.10. The minimum absolute atomic E-state index is 0.0531. The Morgan fingerprint density at radius 1 is 1.19 bits per heavy atom. The molecule has 0 bridgehead atoms.